The Morgan fingerprint density at radius 1 is 0.867 bits per heavy atom. The van der Waals surface area contributed by atoms with Gasteiger partial charge in [0.1, 0.15) is 0 Å². The lowest BCUT2D eigenvalue weighted by atomic mass is 10.1. The van der Waals surface area contributed by atoms with Gasteiger partial charge in [0.15, 0.2) is 0 Å². The highest BCUT2D eigenvalue weighted by atomic mass is 32.2. The molecule has 3 aromatic carbocycles. The van der Waals surface area contributed by atoms with Crippen molar-refractivity contribution in [3.63, 3.8) is 0 Å². The number of anilines is 2. The fourth-order valence-corrected chi connectivity index (χ4v) is 3.95. The van der Waals surface area contributed by atoms with Gasteiger partial charge in [0.25, 0.3) is 5.91 Å². The van der Waals surface area contributed by atoms with Crippen molar-refractivity contribution in [2.75, 3.05) is 15.9 Å². The first-order valence-corrected chi connectivity index (χ1v) is 11.6. The molecule has 0 aliphatic heterocycles. The van der Waals surface area contributed by atoms with E-state index in [-0.39, 0.29) is 12.5 Å². The number of hydrogen-bond donors (Lipinski definition) is 1. The molecule has 0 bridgehead atoms. The third kappa shape index (κ3) is 5.48. The molecule has 1 amide bonds. The maximum Gasteiger partial charge on any atom is 0.255 e. The van der Waals surface area contributed by atoms with E-state index in [0.717, 1.165) is 23.2 Å². The highest BCUT2D eigenvalue weighted by Crippen LogP contribution is 2.22. The fourth-order valence-electron chi connectivity index (χ4n) is 3.07. The van der Waals surface area contributed by atoms with E-state index in [1.54, 1.807) is 24.3 Å². The predicted octanol–water partition coefficient (Wildman–Crippen LogP) is 4.78. The molecule has 1 N–H and O–H groups in total. The summed E-state index contributed by atoms with van der Waals surface area (Å²) < 4.78 is 26.1. The number of nitrogens with zero attached hydrogens (tertiary/aromatic N) is 1. The first-order valence-electron chi connectivity index (χ1n) is 9.80. The van der Waals surface area contributed by atoms with Crippen LogP contribution in [0.25, 0.3) is 0 Å². The van der Waals surface area contributed by atoms with Crippen molar-refractivity contribution in [1.82, 2.24) is 0 Å². The lowest BCUT2D eigenvalue weighted by molar-refractivity contribution is 0.102. The first kappa shape index (κ1) is 21.6. The lowest BCUT2D eigenvalue weighted by Crippen LogP contribution is -2.29. The number of aryl methyl sites for hydroxylation is 2. The molecule has 3 aromatic rings. The molecule has 0 saturated carbocycles. The van der Waals surface area contributed by atoms with E-state index in [0.29, 0.717) is 11.3 Å². The Morgan fingerprint density at radius 3 is 1.97 bits per heavy atom. The van der Waals surface area contributed by atoms with Gasteiger partial charge in [-0.15, -0.1) is 0 Å². The Morgan fingerprint density at radius 2 is 1.43 bits per heavy atom. The first-order chi connectivity index (χ1) is 14.3. The summed E-state index contributed by atoms with van der Waals surface area (Å²) in [6.45, 7) is 4.29. The Labute approximate surface area is 178 Å². The number of sulfonamides is 1. The highest BCUT2D eigenvalue weighted by molar-refractivity contribution is 7.92. The van der Waals surface area contributed by atoms with Gasteiger partial charge in [0.2, 0.25) is 10.0 Å². The van der Waals surface area contributed by atoms with Crippen LogP contribution in [-0.4, -0.2) is 20.6 Å². The number of benzene rings is 3. The Kier molecular flexibility index (Phi) is 6.57. The van der Waals surface area contributed by atoms with Gasteiger partial charge in [-0.05, 0) is 60.9 Å². The van der Waals surface area contributed by atoms with Crippen molar-refractivity contribution in [3.8, 4) is 0 Å². The lowest BCUT2D eigenvalue weighted by Gasteiger charge is -2.23. The summed E-state index contributed by atoms with van der Waals surface area (Å²) in [6, 6.07) is 22.0. The third-order valence-electron chi connectivity index (χ3n) is 4.88. The molecule has 0 saturated heterocycles. The number of carbonyl (C=O) groups excluding carboxylic acids is 1. The zero-order valence-corrected chi connectivity index (χ0v) is 18.2. The molecule has 0 atom stereocenters. The van der Waals surface area contributed by atoms with Crippen molar-refractivity contribution in [2.45, 2.75) is 26.8 Å². The second-order valence-electron chi connectivity index (χ2n) is 7.31. The fraction of sp³-hybridized carbons (Fsp3) is 0.208. The van der Waals surface area contributed by atoms with Crippen LogP contribution in [0.1, 0.15) is 34.0 Å². The molecule has 0 fully saturated rings. The SMILES string of the molecule is CCc1ccc(NC(=O)c2ccc(N(Cc3ccc(C)cc3)S(C)(=O)=O)cc2)cc1. The van der Waals surface area contributed by atoms with Gasteiger partial charge in [0, 0.05) is 11.3 Å². The number of amides is 1. The molecule has 5 nitrogen and oxygen atoms in total. The largest absolute Gasteiger partial charge is 0.322 e. The van der Waals surface area contributed by atoms with Crippen molar-refractivity contribution >= 4 is 27.3 Å². The van der Waals surface area contributed by atoms with Gasteiger partial charge in [-0.1, -0.05) is 48.9 Å². The van der Waals surface area contributed by atoms with Crippen LogP contribution >= 0.6 is 0 Å². The van der Waals surface area contributed by atoms with Crippen molar-refractivity contribution < 1.29 is 13.2 Å². The minimum atomic E-state index is -3.48. The maximum atomic E-state index is 12.5. The molecule has 3 rings (SSSR count). The van der Waals surface area contributed by atoms with Crippen LogP contribution < -0.4 is 9.62 Å². The molecule has 0 radical (unpaired) electrons. The number of nitrogens with one attached hydrogen (secondary N) is 1. The summed E-state index contributed by atoms with van der Waals surface area (Å²) >= 11 is 0. The van der Waals surface area contributed by atoms with Gasteiger partial charge in [0.05, 0.1) is 18.5 Å². The van der Waals surface area contributed by atoms with Crippen LogP contribution in [0.2, 0.25) is 0 Å². The minimum Gasteiger partial charge on any atom is -0.322 e. The van der Waals surface area contributed by atoms with Gasteiger partial charge in [-0.25, -0.2) is 8.42 Å². The summed E-state index contributed by atoms with van der Waals surface area (Å²) in [6.07, 6.45) is 2.12. The quantitative estimate of drug-likeness (QED) is 0.596. The summed E-state index contributed by atoms with van der Waals surface area (Å²) in [7, 11) is -3.48. The van der Waals surface area contributed by atoms with Crippen LogP contribution in [0, 0.1) is 6.92 Å². The third-order valence-corrected chi connectivity index (χ3v) is 6.03. The molecule has 0 heterocycles. The van der Waals surface area contributed by atoms with Crippen molar-refractivity contribution in [1.29, 1.82) is 0 Å². The number of rotatable bonds is 7. The zero-order chi connectivity index (χ0) is 21.7. The van der Waals surface area contributed by atoms with Gasteiger partial charge in [-0.2, -0.15) is 0 Å². The van der Waals surface area contributed by atoms with E-state index in [4.69, 9.17) is 0 Å². The molecule has 0 aliphatic rings. The molecule has 156 valence electrons. The number of carbonyl (C=O) groups is 1. The average Bonchev–Trinajstić information content (AvgIpc) is 2.73. The highest BCUT2D eigenvalue weighted by Gasteiger charge is 2.18. The van der Waals surface area contributed by atoms with Crippen LogP contribution in [0.4, 0.5) is 11.4 Å². The predicted molar refractivity (Wildman–Crippen MR) is 122 cm³/mol. The van der Waals surface area contributed by atoms with E-state index in [2.05, 4.69) is 12.2 Å². The monoisotopic (exact) mass is 422 g/mol. The summed E-state index contributed by atoms with van der Waals surface area (Å²) in [4.78, 5) is 12.5. The Hall–Kier alpha value is -3.12. The minimum absolute atomic E-state index is 0.231. The topological polar surface area (TPSA) is 66.5 Å². The van der Waals surface area contributed by atoms with Gasteiger partial charge < -0.3 is 5.32 Å². The van der Waals surface area contributed by atoms with Crippen LogP contribution in [0.3, 0.4) is 0 Å². The molecule has 0 unspecified atom stereocenters. The molecule has 0 aliphatic carbocycles. The summed E-state index contributed by atoms with van der Waals surface area (Å²) in [5, 5.41) is 2.86. The van der Waals surface area contributed by atoms with Crippen LogP contribution in [0.5, 0.6) is 0 Å². The Balaban J connectivity index is 1.77. The second-order valence-corrected chi connectivity index (χ2v) is 9.21. The summed E-state index contributed by atoms with van der Waals surface area (Å²) in [5.74, 6) is -0.241. The average molecular weight is 423 g/mol. The molecular weight excluding hydrogens is 396 g/mol. The van der Waals surface area contributed by atoms with E-state index in [9.17, 15) is 13.2 Å². The van der Waals surface area contributed by atoms with E-state index in [1.165, 1.54) is 16.1 Å². The number of hydrogen-bond acceptors (Lipinski definition) is 3. The maximum absolute atomic E-state index is 12.5. The van der Waals surface area contributed by atoms with E-state index in [1.807, 2.05) is 55.5 Å². The van der Waals surface area contributed by atoms with Crippen LogP contribution in [-0.2, 0) is 23.0 Å². The Bertz CT molecular complexity index is 1100. The van der Waals surface area contributed by atoms with Crippen molar-refractivity contribution in [3.05, 3.63) is 95.1 Å². The summed E-state index contributed by atoms with van der Waals surface area (Å²) in [5.41, 5.74) is 4.90. The van der Waals surface area contributed by atoms with Crippen molar-refractivity contribution in [2.24, 2.45) is 0 Å². The van der Waals surface area contributed by atoms with Gasteiger partial charge >= 0.3 is 0 Å². The molecule has 6 heteroatoms. The molecular formula is C24H26N2O3S. The molecule has 30 heavy (non-hydrogen) atoms. The van der Waals surface area contributed by atoms with Gasteiger partial charge in [-0.3, -0.25) is 9.10 Å². The smallest absolute Gasteiger partial charge is 0.255 e. The second kappa shape index (κ2) is 9.13. The standard InChI is InChI=1S/C24H26N2O3S/c1-4-19-9-13-22(14-10-19)25-24(27)21-11-15-23(16-12-21)26(30(3,28)29)17-20-7-5-18(2)6-8-20/h5-16H,4,17H2,1-3H3,(H,25,27). The molecule has 0 aromatic heterocycles. The van der Waals surface area contributed by atoms with E-state index < -0.39 is 10.0 Å². The zero-order valence-electron chi connectivity index (χ0n) is 17.4. The normalized spacial score (nSPS) is 11.2. The molecule has 0 spiro atoms. The van der Waals surface area contributed by atoms with E-state index >= 15 is 0 Å². The van der Waals surface area contributed by atoms with Crippen LogP contribution in [0.15, 0.2) is 72.8 Å².